The van der Waals surface area contributed by atoms with Crippen molar-refractivity contribution < 1.29 is 13.9 Å². The third kappa shape index (κ3) is 2.56. The van der Waals surface area contributed by atoms with Crippen LogP contribution in [0.4, 0.5) is 8.78 Å². The molecule has 0 heterocycles. The standard InChI is InChI=1S/C15H20F2O/c1-11(2)9-15(16,17)13-5-3-4-12(8-13)14(10-18)6-7-14/h3-5,8,11,18H,6-7,9-10H2,1-2H3. The first-order valence-electron chi connectivity index (χ1n) is 6.49. The number of rotatable bonds is 5. The Morgan fingerprint density at radius 2 is 2.00 bits per heavy atom. The van der Waals surface area contributed by atoms with Gasteiger partial charge in [0, 0.05) is 17.4 Å². The SMILES string of the molecule is CC(C)CC(F)(F)c1cccc(C2(CO)CC2)c1. The zero-order valence-corrected chi connectivity index (χ0v) is 10.9. The molecule has 2 rings (SSSR count). The Labute approximate surface area is 107 Å². The van der Waals surface area contributed by atoms with Crippen LogP contribution in [0.2, 0.25) is 0 Å². The van der Waals surface area contributed by atoms with E-state index in [1.54, 1.807) is 26.0 Å². The summed E-state index contributed by atoms with van der Waals surface area (Å²) >= 11 is 0. The van der Waals surface area contributed by atoms with Gasteiger partial charge in [-0.15, -0.1) is 0 Å². The zero-order valence-electron chi connectivity index (χ0n) is 10.9. The van der Waals surface area contributed by atoms with Gasteiger partial charge >= 0.3 is 0 Å². The molecule has 0 unspecified atom stereocenters. The molecule has 1 aliphatic carbocycles. The molecular formula is C15H20F2O. The smallest absolute Gasteiger partial charge is 0.273 e. The van der Waals surface area contributed by atoms with Crippen LogP contribution < -0.4 is 0 Å². The Balaban J connectivity index is 2.27. The summed E-state index contributed by atoms with van der Waals surface area (Å²) in [5.41, 5.74) is 0.684. The van der Waals surface area contributed by atoms with Gasteiger partial charge in [0.1, 0.15) is 0 Å². The maximum absolute atomic E-state index is 14.0. The van der Waals surface area contributed by atoms with Crippen molar-refractivity contribution >= 4 is 0 Å². The molecular weight excluding hydrogens is 234 g/mol. The highest BCUT2D eigenvalue weighted by Crippen LogP contribution is 2.48. The van der Waals surface area contributed by atoms with Gasteiger partial charge in [-0.05, 0) is 30.4 Å². The Hall–Kier alpha value is -0.960. The first-order chi connectivity index (χ1) is 8.39. The molecule has 0 spiro atoms. The van der Waals surface area contributed by atoms with Gasteiger partial charge in [-0.1, -0.05) is 32.0 Å². The molecule has 0 atom stereocenters. The van der Waals surface area contributed by atoms with Crippen LogP contribution in [-0.4, -0.2) is 11.7 Å². The summed E-state index contributed by atoms with van der Waals surface area (Å²) < 4.78 is 28.1. The Morgan fingerprint density at radius 3 is 2.50 bits per heavy atom. The second kappa shape index (κ2) is 4.61. The lowest BCUT2D eigenvalue weighted by molar-refractivity contribution is -0.0250. The van der Waals surface area contributed by atoms with Crippen LogP contribution in [0.15, 0.2) is 24.3 Å². The quantitative estimate of drug-likeness (QED) is 0.846. The average molecular weight is 254 g/mol. The predicted octanol–water partition coefficient (Wildman–Crippen LogP) is 3.85. The van der Waals surface area contributed by atoms with E-state index in [2.05, 4.69) is 0 Å². The number of halogens is 2. The van der Waals surface area contributed by atoms with E-state index in [-0.39, 0.29) is 29.9 Å². The monoisotopic (exact) mass is 254 g/mol. The fourth-order valence-electron chi connectivity index (χ4n) is 2.40. The molecule has 3 heteroatoms. The molecule has 1 aromatic rings. The zero-order chi connectivity index (χ0) is 13.4. The van der Waals surface area contributed by atoms with Crippen LogP contribution in [0.5, 0.6) is 0 Å². The maximum atomic E-state index is 14.0. The number of hydrogen-bond donors (Lipinski definition) is 1. The second-order valence-electron chi connectivity index (χ2n) is 5.82. The molecule has 0 amide bonds. The van der Waals surface area contributed by atoms with E-state index in [0.717, 1.165) is 18.4 Å². The van der Waals surface area contributed by atoms with E-state index < -0.39 is 5.92 Å². The molecule has 0 bridgehead atoms. The van der Waals surface area contributed by atoms with Gasteiger partial charge in [-0.3, -0.25) is 0 Å². The van der Waals surface area contributed by atoms with Gasteiger partial charge < -0.3 is 5.11 Å². The number of alkyl halides is 2. The van der Waals surface area contributed by atoms with Gasteiger partial charge in [0.2, 0.25) is 0 Å². The molecule has 1 aromatic carbocycles. The van der Waals surface area contributed by atoms with Crippen LogP contribution in [0.3, 0.4) is 0 Å². The first-order valence-corrected chi connectivity index (χ1v) is 6.49. The van der Waals surface area contributed by atoms with Crippen LogP contribution in [0.1, 0.15) is 44.2 Å². The third-order valence-electron chi connectivity index (χ3n) is 3.72. The fourth-order valence-corrected chi connectivity index (χ4v) is 2.40. The molecule has 0 saturated heterocycles. The normalized spacial score (nSPS) is 18.1. The Bertz CT molecular complexity index is 422. The summed E-state index contributed by atoms with van der Waals surface area (Å²) in [6.45, 7) is 3.65. The minimum atomic E-state index is -2.78. The minimum Gasteiger partial charge on any atom is -0.395 e. The van der Waals surface area contributed by atoms with E-state index in [9.17, 15) is 13.9 Å². The van der Waals surface area contributed by atoms with Crippen molar-refractivity contribution in [1.29, 1.82) is 0 Å². The van der Waals surface area contributed by atoms with Crippen molar-refractivity contribution in [1.82, 2.24) is 0 Å². The highest BCUT2D eigenvalue weighted by molar-refractivity contribution is 5.36. The van der Waals surface area contributed by atoms with Crippen molar-refractivity contribution in [3.8, 4) is 0 Å². The minimum absolute atomic E-state index is 0.0450. The lowest BCUT2D eigenvalue weighted by Gasteiger charge is -2.21. The molecule has 1 aliphatic rings. The summed E-state index contributed by atoms with van der Waals surface area (Å²) in [7, 11) is 0. The van der Waals surface area contributed by atoms with E-state index >= 15 is 0 Å². The fraction of sp³-hybridized carbons (Fsp3) is 0.600. The molecule has 18 heavy (non-hydrogen) atoms. The summed E-state index contributed by atoms with van der Waals surface area (Å²) in [6, 6.07) is 6.58. The van der Waals surface area contributed by atoms with Gasteiger partial charge in [-0.2, -0.15) is 0 Å². The largest absolute Gasteiger partial charge is 0.395 e. The van der Waals surface area contributed by atoms with Crippen LogP contribution in [-0.2, 0) is 11.3 Å². The van der Waals surface area contributed by atoms with Crippen molar-refractivity contribution in [3.63, 3.8) is 0 Å². The van der Waals surface area contributed by atoms with Crippen molar-refractivity contribution in [2.24, 2.45) is 5.92 Å². The Morgan fingerprint density at radius 1 is 1.33 bits per heavy atom. The number of aliphatic hydroxyl groups is 1. The summed E-state index contributed by atoms with van der Waals surface area (Å²) in [6.07, 6.45) is 1.65. The predicted molar refractivity (Wildman–Crippen MR) is 67.8 cm³/mol. The van der Waals surface area contributed by atoms with E-state index in [4.69, 9.17) is 0 Å². The summed E-state index contributed by atoms with van der Waals surface area (Å²) in [5, 5.41) is 9.36. The van der Waals surface area contributed by atoms with Crippen LogP contribution >= 0.6 is 0 Å². The Kier molecular flexibility index (Phi) is 3.45. The summed E-state index contributed by atoms with van der Waals surface area (Å²) in [5.74, 6) is -2.83. The molecule has 1 saturated carbocycles. The molecule has 0 radical (unpaired) electrons. The lowest BCUT2D eigenvalue weighted by atomic mass is 9.91. The second-order valence-corrected chi connectivity index (χ2v) is 5.82. The maximum Gasteiger partial charge on any atom is 0.273 e. The van der Waals surface area contributed by atoms with E-state index in [0.29, 0.717) is 0 Å². The van der Waals surface area contributed by atoms with E-state index in [1.165, 1.54) is 6.07 Å². The first kappa shape index (κ1) is 13.5. The van der Waals surface area contributed by atoms with Crippen molar-refractivity contribution in [3.05, 3.63) is 35.4 Å². The molecule has 1 fully saturated rings. The van der Waals surface area contributed by atoms with Crippen LogP contribution in [0, 0.1) is 5.92 Å². The average Bonchev–Trinajstić information content (AvgIpc) is 3.08. The number of benzene rings is 1. The molecule has 1 N–H and O–H groups in total. The van der Waals surface area contributed by atoms with Gasteiger partial charge in [0.15, 0.2) is 0 Å². The molecule has 1 nitrogen and oxygen atoms in total. The molecule has 100 valence electrons. The number of aliphatic hydroxyl groups excluding tert-OH is 1. The number of hydrogen-bond acceptors (Lipinski definition) is 1. The highest BCUT2D eigenvalue weighted by Gasteiger charge is 2.44. The van der Waals surface area contributed by atoms with Crippen molar-refractivity contribution in [2.75, 3.05) is 6.61 Å². The van der Waals surface area contributed by atoms with E-state index in [1.807, 2.05) is 6.07 Å². The van der Waals surface area contributed by atoms with Gasteiger partial charge in [0.25, 0.3) is 5.92 Å². The topological polar surface area (TPSA) is 20.2 Å². The molecule has 0 aliphatic heterocycles. The van der Waals surface area contributed by atoms with Crippen molar-refractivity contribution in [2.45, 2.75) is 44.4 Å². The van der Waals surface area contributed by atoms with Crippen LogP contribution in [0.25, 0.3) is 0 Å². The molecule has 0 aromatic heterocycles. The summed E-state index contributed by atoms with van der Waals surface area (Å²) in [4.78, 5) is 0. The highest BCUT2D eigenvalue weighted by atomic mass is 19.3. The van der Waals surface area contributed by atoms with Gasteiger partial charge in [-0.25, -0.2) is 8.78 Å². The third-order valence-corrected chi connectivity index (χ3v) is 3.72. The van der Waals surface area contributed by atoms with Gasteiger partial charge in [0.05, 0.1) is 6.61 Å². The lowest BCUT2D eigenvalue weighted by Crippen LogP contribution is -2.18.